The fourth-order valence-electron chi connectivity index (χ4n) is 2.43. The van der Waals surface area contributed by atoms with E-state index in [2.05, 4.69) is 22.9 Å². The number of hydrogen-bond donors (Lipinski definition) is 4. The molecule has 0 radical (unpaired) electrons. The summed E-state index contributed by atoms with van der Waals surface area (Å²) < 4.78 is 25.9. The quantitative estimate of drug-likeness (QED) is 0.427. The predicted octanol–water partition coefficient (Wildman–Crippen LogP) is 1.93. The van der Waals surface area contributed by atoms with Crippen molar-refractivity contribution >= 4 is 34.3 Å². The van der Waals surface area contributed by atoms with E-state index in [1.807, 2.05) is 6.92 Å². The molecule has 136 valence electrons. The number of primary sulfonamides is 1. The highest BCUT2D eigenvalue weighted by Gasteiger charge is 2.27. The Bertz CT molecular complexity index is 906. The number of hydrogen-bond acceptors (Lipinski definition) is 6. The van der Waals surface area contributed by atoms with Gasteiger partial charge in [-0.2, -0.15) is 0 Å². The van der Waals surface area contributed by atoms with Gasteiger partial charge in [-0.1, -0.05) is 13.3 Å². The molecule has 0 spiro atoms. The standard InChI is InChI=1S/C15H20N4O4S2/c1-3-4-5-17-12-11(14-18-6-7-19(14)2)10(25(16,22)23)8-9(13(12)24)15(20)21/h6-8,17,24H,3-5H2,1-2H3,(H,20,21)(H2,16,22,23). The first-order valence-corrected chi connectivity index (χ1v) is 9.55. The number of aryl methyl sites for hydroxylation is 1. The highest BCUT2D eigenvalue weighted by atomic mass is 32.2. The van der Waals surface area contributed by atoms with E-state index in [9.17, 15) is 18.3 Å². The molecule has 0 amide bonds. The number of nitrogens with two attached hydrogens (primary N) is 1. The van der Waals surface area contributed by atoms with E-state index in [0.717, 1.165) is 18.9 Å². The lowest BCUT2D eigenvalue weighted by Gasteiger charge is -2.19. The van der Waals surface area contributed by atoms with Crippen molar-refractivity contribution in [3.63, 3.8) is 0 Å². The van der Waals surface area contributed by atoms with Crippen LogP contribution in [0.3, 0.4) is 0 Å². The van der Waals surface area contributed by atoms with Gasteiger partial charge < -0.3 is 15.0 Å². The number of aromatic carboxylic acids is 1. The van der Waals surface area contributed by atoms with E-state index in [4.69, 9.17) is 5.14 Å². The normalized spacial score (nSPS) is 11.5. The number of carboxylic acid groups (broad SMARTS) is 1. The lowest BCUT2D eigenvalue weighted by molar-refractivity contribution is 0.0693. The van der Waals surface area contributed by atoms with Gasteiger partial charge in [-0.15, -0.1) is 12.6 Å². The summed E-state index contributed by atoms with van der Waals surface area (Å²) in [4.78, 5) is 15.5. The Morgan fingerprint density at radius 3 is 2.64 bits per heavy atom. The van der Waals surface area contributed by atoms with Crippen molar-refractivity contribution in [1.82, 2.24) is 9.55 Å². The van der Waals surface area contributed by atoms with Crippen LogP contribution in [0, 0.1) is 0 Å². The zero-order valence-corrected chi connectivity index (χ0v) is 15.6. The lowest BCUT2D eigenvalue weighted by atomic mass is 10.1. The fraction of sp³-hybridized carbons (Fsp3) is 0.333. The number of unbranched alkanes of at least 4 members (excludes halogenated alkanes) is 1. The molecule has 0 saturated carbocycles. The number of thiol groups is 1. The summed E-state index contributed by atoms with van der Waals surface area (Å²) >= 11 is 4.31. The summed E-state index contributed by atoms with van der Waals surface area (Å²) in [5.74, 6) is -0.949. The Morgan fingerprint density at radius 1 is 1.48 bits per heavy atom. The van der Waals surface area contributed by atoms with Gasteiger partial charge >= 0.3 is 5.97 Å². The highest BCUT2D eigenvalue weighted by Crippen LogP contribution is 2.39. The average Bonchev–Trinajstić information content (AvgIpc) is 2.93. The van der Waals surface area contributed by atoms with Gasteiger partial charge in [0.1, 0.15) is 5.82 Å². The SMILES string of the molecule is CCCCNc1c(S)c(C(=O)O)cc(S(N)(=O)=O)c1-c1nccn1C. The number of nitrogens with zero attached hydrogens (tertiary/aromatic N) is 2. The molecule has 0 aliphatic rings. The first kappa shape index (κ1) is 19.3. The Balaban J connectivity index is 2.86. The van der Waals surface area contributed by atoms with E-state index in [1.165, 1.54) is 6.20 Å². The smallest absolute Gasteiger partial charge is 0.336 e. The number of rotatable bonds is 7. The van der Waals surface area contributed by atoms with Crippen LogP contribution >= 0.6 is 12.6 Å². The number of anilines is 1. The first-order chi connectivity index (χ1) is 11.7. The molecule has 1 heterocycles. The second-order valence-corrected chi connectivity index (χ2v) is 7.49. The second kappa shape index (κ2) is 7.46. The Morgan fingerprint density at radius 2 is 2.16 bits per heavy atom. The third-order valence-corrected chi connectivity index (χ3v) is 5.08. The van der Waals surface area contributed by atoms with Crippen LogP contribution in [0.2, 0.25) is 0 Å². The summed E-state index contributed by atoms with van der Waals surface area (Å²) in [6, 6.07) is 1.02. The van der Waals surface area contributed by atoms with E-state index in [0.29, 0.717) is 12.4 Å². The third kappa shape index (κ3) is 3.97. The minimum absolute atomic E-state index is 0.133. The average molecular weight is 384 g/mol. The van der Waals surface area contributed by atoms with Gasteiger partial charge in [-0.3, -0.25) is 0 Å². The molecule has 1 aromatic carbocycles. The first-order valence-electron chi connectivity index (χ1n) is 7.56. The second-order valence-electron chi connectivity index (χ2n) is 5.51. The Kier molecular flexibility index (Phi) is 5.76. The maximum atomic E-state index is 12.1. The monoisotopic (exact) mass is 384 g/mol. The van der Waals surface area contributed by atoms with Crippen molar-refractivity contribution in [3.8, 4) is 11.4 Å². The molecule has 0 atom stereocenters. The van der Waals surface area contributed by atoms with Crippen LogP contribution in [0.4, 0.5) is 5.69 Å². The summed E-state index contributed by atoms with van der Waals surface area (Å²) in [6.45, 7) is 2.53. The van der Waals surface area contributed by atoms with Gasteiger partial charge in [-0.25, -0.2) is 23.3 Å². The molecule has 25 heavy (non-hydrogen) atoms. The van der Waals surface area contributed by atoms with Crippen molar-refractivity contribution in [3.05, 3.63) is 24.0 Å². The third-order valence-electron chi connectivity index (χ3n) is 3.68. The molecule has 4 N–H and O–H groups in total. The maximum absolute atomic E-state index is 12.1. The topological polar surface area (TPSA) is 127 Å². The lowest BCUT2D eigenvalue weighted by Crippen LogP contribution is -2.18. The largest absolute Gasteiger partial charge is 0.478 e. The minimum atomic E-state index is -4.19. The number of carboxylic acids is 1. The fourth-order valence-corrected chi connectivity index (χ4v) is 3.54. The van der Waals surface area contributed by atoms with Crippen LogP contribution in [-0.4, -0.2) is 35.6 Å². The Hall–Kier alpha value is -2.04. The number of aromatic nitrogens is 2. The van der Waals surface area contributed by atoms with Gasteiger partial charge in [0.15, 0.2) is 0 Å². The van der Waals surface area contributed by atoms with Gasteiger partial charge in [0.05, 0.1) is 21.7 Å². The van der Waals surface area contributed by atoms with Crippen molar-refractivity contribution in [2.75, 3.05) is 11.9 Å². The van der Waals surface area contributed by atoms with E-state index in [1.54, 1.807) is 17.8 Å². The highest BCUT2D eigenvalue weighted by molar-refractivity contribution is 7.89. The number of carbonyl (C=O) groups is 1. The van der Waals surface area contributed by atoms with Gasteiger partial charge in [-0.05, 0) is 12.5 Å². The number of nitrogens with one attached hydrogen (secondary N) is 1. The van der Waals surface area contributed by atoms with Crippen molar-refractivity contribution in [2.24, 2.45) is 12.2 Å². The van der Waals surface area contributed by atoms with Crippen molar-refractivity contribution < 1.29 is 18.3 Å². The maximum Gasteiger partial charge on any atom is 0.336 e. The molecule has 2 aromatic rings. The molecule has 10 heteroatoms. The number of benzene rings is 1. The van der Waals surface area contributed by atoms with Gasteiger partial charge in [0, 0.05) is 30.9 Å². The van der Waals surface area contributed by atoms with Crippen molar-refractivity contribution in [2.45, 2.75) is 29.6 Å². The van der Waals surface area contributed by atoms with Crippen LogP contribution in [0.15, 0.2) is 28.3 Å². The number of sulfonamides is 1. The Labute approximate surface area is 151 Å². The molecule has 0 bridgehead atoms. The van der Waals surface area contributed by atoms with Crippen LogP contribution < -0.4 is 10.5 Å². The molecule has 1 aromatic heterocycles. The zero-order valence-electron chi connectivity index (χ0n) is 13.9. The predicted molar refractivity (Wildman–Crippen MR) is 97.6 cm³/mol. The summed E-state index contributed by atoms with van der Waals surface area (Å²) in [5.41, 5.74) is 0.250. The molecule has 0 unspecified atom stereocenters. The molecule has 8 nitrogen and oxygen atoms in total. The molecule has 0 saturated heterocycles. The van der Waals surface area contributed by atoms with Crippen molar-refractivity contribution in [1.29, 1.82) is 0 Å². The van der Waals surface area contributed by atoms with Crippen LogP contribution in [0.25, 0.3) is 11.4 Å². The molecule has 0 aliphatic carbocycles. The summed E-state index contributed by atoms with van der Waals surface area (Å²) in [6.07, 6.45) is 4.89. The van der Waals surface area contributed by atoms with E-state index >= 15 is 0 Å². The van der Waals surface area contributed by atoms with E-state index < -0.39 is 16.0 Å². The van der Waals surface area contributed by atoms with Gasteiger partial charge in [0.25, 0.3) is 0 Å². The molecule has 0 fully saturated rings. The minimum Gasteiger partial charge on any atom is -0.478 e. The zero-order chi connectivity index (χ0) is 18.8. The van der Waals surface area contributed by atoms with E-state index in [-0.39, 0.29) is 26.6 Å². The molecular weight excluding hydrogens is 364 g/mol. The van der Waals surface area contributed by atoms with Crippen LogP contribution in [0.1, 0.15) is 30.1 Å². The van der Waals surface area contributed by atoms with Crippen LogP contribution in [-0.2, 0) is 17.1 Å². The van der Waals surface area contributed by atoms with Crippen LogP contribution in [0.5, 0.6) is 0 Å². The van der Waals surface area contributed by atoms with Gasteiger partial charge in [0.2, 0.25) is 10.0 Å². The summed E-state index contributed by atoms with van der Waals surface area (Å²) in [7, 11) is -2.49. The summed E-state index contributed by atoms with van der Waals surface area (Å²) in [5, 5.41) is 17.8. The molecular formula is C15H20N4O4S2. The number of imidazole rings is 1. The molecule has 0 aliphatic heterocycles. The molecule has 2 rings (SSSR count).